The Labute approximate surface area is 104 Å². The van der Waals surface area contributed by atoms with Crippen molar-refractivity contribution < 1.29 is 9.53 Å². The van der Waals surface area contributed by atoms with Gasteiger partial charge >= 0.3 is 0 Å². The Morgan fingerprint density at radius 2 is 2.06 bits per heavy atom. The highest BCUT2D eigenvalue weighted by Crippen LogP contribution is 2.29. The molecule has 0 amide bonds. The Morgan fingerprint density at radius 3 is 2.83 bits per heavy atom. The summed E-state index contributed by atoms with van der Waals surface area (Å²) < 4.78 is 5.58. The number of benzene rings is 2. The fraction of sp³-hybridized carbons (Fsp3) is 0.143. The quantitative estimate of drug-likeness (QED) is 0.814. The number of rotatable bonds is 2. The van der Waals surface area contributed by atoms with Crippen LogP contribution in [-0.4, -0.2) is 19.1 Å². The average Bonchev–Trinajstić information content (AvgIpc) is 2.47. The van der Waals surface area contributed by atoms with Crippen molar-refractivity contribution in [3.05, 3.63) is 48.0 Å². The first kappa shape index (κ1) is 10.9. The second-order valence-electron chi connectivity index (χ2n) is 4.11. The van der Waals surface area contributed by atoms with Crippen LogP contribution in [-0.2, 0) is 15.3 Å². The maximum Gasteiger partial charge on any atom is 0.237 e. The lowest BCUT2D eigenvalue weighted by Gasteiger charge is -2.31. The number of fused-ring (bicyclic) bond motifs is 1. The minimum absolute atomic E-state index is 0.314. The summed E-state index contributed by atoms with van der Waals surface area (Å²) in [7, 11) is 0. The Hall–Kier alpha value is -2.20. The second kappa shape index (κ2) is 4.23. The Bertz CT molecular complexity index is 619. The van der Waals surface area contributed by atoms with Crippen molar-refractivity contribution in [2.75, 3.05) is 6.61 Å². The lowest BCUT2D eigenvalue weighted by atomic mass is 9.97. The third-order valence-corrected chi connectivity index (χ3v) is 3.06. The Kier molecular flexibility index (Phi) is 2.57. The molecule has 1 N–H and O–H groups in total. The van der Waals surface area contributed by atoms with Gasteiger partial charge in [0.05, 0.1) is 12.8 Å². The van der Waals surface area contributed by atoms with E-state index in [-0.39, 0.29) is 0 Å². The number of hydrazone groups is 1. The van der Waals surface area contributed by atoms with Crippen LogP contribution < -0.4 is 5.43 Å². The first-order valence-corrected chi connectivity index (χ1v) is 5.73. The van der Waals surface area contributed by atoms with Crippen molar-refractivity contribution in [2.24, 2.45) is 5.10 Å². The van der Waals surface area contributed by atoms with Crippen LogP contribution in [0.5, 0.6) is 0 Å². The third-order valence-electron chi connectivity index (χ3n) is 3.06. The summed E-state index contributed by atoms with van der Waals surface area (Å²) in [5.41, 5.74) is 2.37. The van der Waals surface area contributed by atoms with Gasteiger partial charge in [-0.15, -0.1) is 0 Å². The standard InChI is InChI=1S/C14H12N2O2/c17-10-14(16-15-8-9-18-14)13-7-3-5-11-4-1-2-6-12(11)13/h1-8,10,16H,9H2. The van der Waals surface area contributed by atoms with Gasteiger partial charge in [0, 0.05) is 5.56 Å². The molecule has 0 saturated heterocycles. The molecule has 4 heteroatoms. The molecule has 0 aliphatic carbocycles. The zero-order valence-corrected chi connectivity index (χ0v) is 9.67. The van der Waals surface area contributed by atoms with Gasteiger partial charge < -0.3 is 4.74 Å². The molecular formula is C14H12N2O2. The molecule has 0 saturated carbocycles. The second-order valence-corrected chi connectivity index (χ2v) is 4.11. The molecule has 18 heavy (non-hydrogen) atoms. The minimum Gasteiger partial charge on any atom is -0.338 e. The summed E-state index contributed by atoms with van der Waals surface area (Å²) in [6.45, 7) is 0.314. The molecule has 1 atom stereocenters. The van der Waals surface area contributed by atoms with E-state index >= 15 is 0 Å². The summed E-state index contributed by atoms with van der Waals surface area (Å²) in [5, 5.41) is 6.00. The number of carbonyl (C=O) groups is 1. The summed E-state index contributed by atoms with van der Waals surface area (Å²) in [5.74, 6) is 0. The molecule has 3 rings (SSSR count). The van der Waals surface area contributed by atoms with Crippen molar-refractivity contribution in [3.63, 3.8) is 0 Å². The largest absolute Gasteiger partial charge is 0.338 e. The fourth-order valence-corrected chi connectivity index (χ4v) is 2.19. The predicted molar refractivity (Wildman–Crippen MR) is 69.3 cm³/mol. The van der Waals surface area contributed by atoms with Gasteiger partial charge in [-0.25, -0.2) is 0 Å². The zero-order valence-electron chi connectivity index (χ0n) is 9.67. The smallest absolute Gasteiger partial charge is 0.237 e. The molecule has 1 aliphatic heterocycles. The normalized spacial score (nSPS) is 22.7. The number of hydrogen-bond acceptors (Lipinski definition) is 4. The van der Waals surface area contributed by atoms with Crippen LogP contribution in [0.15, 0.2) is 47.6 Å². The summed E-state index contributed by atoms with van der Waals surface area (Å²) >= 11 is 0. The van der Waals surface area contributed by atoms with E-state index in [0.29, 0.717) is 6.61 Å². The van der Waals surface area contributed by atoms with Crippen molar-refractivity contribution >= 4 is 23.3 Å². The molecule has 0 bridgehead atoms. The number of hydrogen-bond donors (Lipinski definition) is 1. The van der Waals surface area contributed by atoms with Gasteiger partial charge in [-0.2, -0.15) is 5.10 Å². The van der Waals surface area contributed by atoms with E-state index in [1.165, 1.54) is 0 Å². The summed E-state index contributed by atoms with van der Waals surface area (Å²) in [4.78, 5) is 11.5. The predicted octanol–water partition coefficient (Wildman–Crippen LogP) is 1.80. The first-order valence-electron chi connectivity index (χ1n) is 5.73. The first-order chi connectivity index (χ1) is 8.86. The van der Waals surface area contributed by atoms with E-state index in [9.17, 15) is 4.79 Å². The average molecular weight is 240 g/mol. The fourth-order valence-electron chi connectivity index (χ4n) is 2.19. The molecule has 1 heterocycles. The van der Waals surface area contributed by atoms with E-state index in [2.05, 4.69) is 10.5 Å². The molecular weight excluding hydrogens is 228 g/mol. The number of carbonyl (C=O) groups excluding carboxylic acids is 1. The van der Waals surface area contributed by atoms with Crippen LogP contribution in [0.2, 0.25) is 0 Å². The number of ether oxygens (including phenoxy) is 1. The van der Waals surface area contributed by atoms with Crippen LogP contribution in [0, 0.1) is 0 Å². The maximum atomic E-state index is 11.5. The van der Waals surface area contributed by atoms with Crippen LogP contribution in [0.4, 0.5) is 0 Å². The molecule has 90 valence electrons. The van der Waals surface area contributed by atoms with E-state index in [0.717, 1.165) is 22.6 Å². The van der Waals surface area contributed by atoms with Crippen LogP contribution in [0.1, 0.15) is 5.56 Å². The monoisotopic (exact) mass is 240 g/mol. The highest BCUT2D eigenvalue weighted by Gasteiger charge is 2.35. The van der Waals surface area contributed by atoms with Gasteiger partial charge in [0.15, 0.2) is 6.29 Å². The van der Waals surface area contributed by atoms with E-state index in [1.807, 2.05) is 42.5 Å². The van der Waals surface area contributed by atoms with Gasteiger partial charge in [-0.05, 0) is 10.8 Å². The molecule has 0 aromatic heterocycles. The lowest BCUT2D eigenvalue weighted by molar-refractivity contribution is -0.136. The van der Waals surface area contributed by atoms with E-state index in [1.54, 1.807) is 6.21 Å². The van der Waals surface area contributed by atoms with E-state index in [4.69, 9.17) is 4.74 Å². The van der Waals surface area contributed by atoms with Gasteiger partial charge in [0.2, 0.25) is 5.72 Å². The Morgan fingerprint density at radius 1 is 1.22 bits per heavy atom. The summed E-state index contributed by atoms with van der Waals surface area (Å²) in [6.07, 6.45) is 2.35. The molecule has 0 radical (unpaired) electrons. The maximum absolute atomic E-state index is 11.5. The topological polar surface area (TPSA) is 50.7 Å². The van der Waals surface area contributed by atoms with Crippen LogP contribution >= 0.6 is 0 Å². The molecule has 2 aromatic rings. The third kappa shape index (κ3) is 1.58. The van der Waals surface area contributed by atoms with Gasteiger partial charge in [0.1, 0.15) is 0 Å². The van der Waals surface area contributed by atoms with Gasteiger partial charge in [-0.1, -0.05) is 42.5 Å². The van der Waals surface area contributed by atoms with Crippen LogP contribution in [0.3, 0.4) is 0 Å². The van der Waals surface area contributed by atoms with Crippen molar-refractivity contribution in [2.45, 2.75) is 5.72 Å². The minimum atomic E-state index is -1.18. The van der Waals surface area contributed by atoms with E-state index < -0.39 is 5.72 Å². The van der Waals surface area contributed by atoms with Crippen molar-refractivity contribution in [1.82, 2.24) is 5.43 Å². The van der Waals surface area contributed by atoms with Gasteiger partial charge in [0.25, 0.3) is 0 Å². The highest BCUT2D eigenvalue weighted by molar-refractivity contribution is 5.89. The highest BCUT2D eigenvalue weighted by atomic mass is 16.5. The van der Waals surface area contributed by atoms with Crippen LogP contribution in [0.25, 0.3) is 10.8 Å². The molecule has 1 aliphatic rings. The molecule has 2 aromatic carbocycles. The number of nitrogens with zero attached hydrogens (tertiary/aromatic N) is 1. The zero-order chi connectivity index (χ0) is 12.4. The molecule has 0 spiro atoms. The number of nitrogens with one attached hydrogen (secondary N) is 1. The molecule has 1 unspecified atom stereocenters. The molecule has 4 nitrogen and oxygen atoms in total. The number of aldehydes is 1. The van der Waals surface area contributed by atoms with Crippen molar-refractivity contribution in [3.8, 4) is 0 Å². The van der Waals surface area contributed by atoms with Gasteiger partial charge in [-0.3, -0.25) is 10.2 Å². The lowest BCUT2D eigenvalue weighted by Crippen LogP contribution is -2.46. The summed E-state index contributed by atoms with van der Waals surface area (Å²) in [6, 6.07) is 13.7. The Balaban J connectivity index is 2.24. The molecule has 0 fully saturated rings. The SMILES string of the molecule is O=CC1(c2cccc3ccccc23)NN=CCO1. The van der Waals surface area contributed by atoms with Crippen molar-refractivity contribution in [1.29, 1.82) is 0 Å².